The van der Waals surface area contributed by atoms with Gasteiger partial charge in [-0.05, 0) is 49.6 Å². The number of nitrogens with one attached hydrogen (secondary N) is 2. The molecule has 0 aliphatic carbocycles. The quantitative estimate of drug-likeness (QED) is 0.500. The third-order valence-electron chi connectivity index (χ3n) is 3.47. The number of sulfonamides is 1. The minimum atomic E-state index is -3.81. The summed E-state index contributed by atoms with van der Waals surface area (Å²) in [6, 6.07) is 8.88. The maximum atomic E-state index is 12.5. The van der Waals surface area contributed by atoms with Gasteiger partial charge in [0.1, 0.15) is 11.8 Å². The first kappa shape index (κ1) is 20.2. The number of nitrogens with zero attached hydrogens (tertiary/aromatic N) is 1. The van der Waals surface area contributed by atoms with E-state index < -0.39 is 22.0 Å². The summed E-state index contributed by atoms with van der Waals surface area (Å²) in [6.07, 6.45) is 5.06. The Bertz CT molecular complexity index is 831. The second-order valence-corrected chi connectivity index (χ2v) is 8.22. The minimum Gasteiger partial charge on any atom is -0.463 e. The third kappa shape index (κ3) is 6.01. The summed E-state index contributed by atoms with van der Waals surface area (Å²) in [5.74, 6) is 0.569. The molecule has 0 saturated carbocycles. The summed E-state index contributed by atoms with van der Waals surface area (Å²) in [7, 11) is -3.81. The van der Waals surface area contributed by atoms with Crippen molar-refractivity contribution in [3.05, 3.63) is 54.0 Å². The Morgan fingerprint density at radius 3 is 2.65 bits per heavy atom. The van der Waals surface area contributed by atoms with E-state index in [0.717, 1.165) is 5.56 Å². The van der Waals surface area contributed by atoms with Gasteiger partial charge in [-0.3, -0.25) is 4.79 Å². The number of hydrogen-bond donors (Lipinski definition) is 2. The van der Waals surface area contributed by atoms with Crippen molar-refractivity contribution in [2.24, 2.45) is 5.10 Å². The maximum absolute atomic E-state index is 12.5. The predicted molar refractivity (Wildman–Crippen MR) is 103 cm³/mol. The molecule has 9 heteroatoms. The molecule has 2 rings (SSSR count). The van der Waals surface area contributed by atoms with Gasteiger partial charge in [-0.25, -0.2) is 13.8 Å². The zero-order valence-corrected chi connectivity index (χ0v) is 16.1. The van der Waals surface area contributed by atoms with Gasteiger partial charge in [0.25, 0.3) is 5.91 Å². The molecule has 26 heavy (non-hydrogen) atoms. The smallest absolute Gasteiger partial charge is 0.258 e. The molecule has 0 unspecified atom stereocenters. The summed E-state index contributed by atoms with van der Waals surface area (Å²) in [6.45, 7) is 1.87. The van der Waals surface area contributed by atoms with Gasteiger partial charge in [-0.1, -0.05) is 17.7 Å². The van der Waals surface area contributed by atoms with E-state index in [-0.39, 0.29) is 4.90 Å². The lowest BCUT2D eigenvalue weighted by atomic mass is 10.2. The van der Waals surface area contributed by atoms with E-state index in [1.807, 2.05) is 13.2 Å². The Morgan fingerprint density at radius 2 is 2.04 bits per heavy atom. The number of furan rings is 1. The van der Waals surface area contributed by atoms with Crippen molar-refractivity contribution in [1.82, 2.24) is 10.1 Å². The van der Waals surface area contributed by atoms with Crippen LogP contribution in [0, 0.1) is 6.92 Å². The van der Waals surface area contributed by atoms with Crippen LogP contribution in [0.15, 0.2) is 57.1 Å². The normalized spacial score (nSPS) is 13.0. The molecule has 0 aliphatic rings. The fraction of sp³-hybridized carbons (Fsp3) is 0.294. The number of benzene rings is 1. The van der Waals surface area contributed by atoms with E-state index in [1.165, 1.54) is 36.4 Å². The van der Waals surface area contributed by atoms with Crippen molar-refractivity contribution in [2.45, 2.75) is 24.3 Å². The van der Waals surface area contributed by atoms with Crippen LogP contribution in [0.5, 0.6) is 0 Å². The Morgan fingerprint density at radius 1 is 1.31 bits per heavy atom. The molecule has 1 heterocycles. The molecule has 1 aromatic heterocycles. The lowest BCUT2D eigenvalue weighted by molar-refractivity contribution is -0.122. The van der Waals surface area contributed by atoms with Crippen molar-refractivity contribution < 1.29 is 17.6 Å². The third-order valence-corrected chi connectivity index (χ3v) is 5.60. The lowest BCUT2D eigenvalue weighted by Gasteiger charge is -2.17. The van der Waals surface area contributed by atoms with E-state index >= 15 is 0 Å². The Labute approximate surface area is 157 Å². The predicted octanol–water partition coefficient (Wildman–Crippen LogP) is 2.14. The standard InChI is InChI=1S/C17H21N3O4S2/c1-13-5-7-15(8-6-13)26(22,23)20-16(9-11-25-2)17(21)19-18-12-14-4-3-10-24-14/h3-8,10,12,16,20H,9,11H2,1-2H3,(H,19,21)/b18-12+/t16-/m0/s1. The van der Waals surface area contributed by atoms with E-state index in [4.69, 9.17) is 4.42 Å². The van der Waals surface area contributed by atoms with Crippen LogP contribution in [0.2, 0.25) is 0 Å². The van der Waals surface area contributed by atoms with Gasteiger partial charge in [-0.2, -0.15) is 21.6 Å². The van der Waals surface area contributed by atoms with E-state index in [1.54, 1.807) is 24.3 Å². The number of carbonyl (C=O) groups is 1. The minimum absolute atomic E-state index is 0.115. The highest BCUT2D eigenvalue weighted by Gasteiger charge is 2.25. The average molecular weight is 396 g/mol. The van der Waals surface area contributed by atoms with Gasteiger partial charge in [-0.15, -0.1) is 0 Å². The van der Waals surface area contributed by atoms with Crippen LogP contribution in [0.25, 0.3) is 0 Å². The number of thioether (sulfide) groups is 1. The molecule has 0 bridgehead atoms. The highest BCUT2D eigenvalue weighted by molar-refractivity contribution is 7.98. The van der Waals surface area contributed by atoms with Gasteiger partial charge in [0, 0.05) is 0 Å². The van der Waals surface area contributed by atoms with Crippen LogP contribution < -0.4 is 10.1 Å². The molecule has 1 amide bonds. The van der Waals surface area contributed by atoms with Crippen molar-refractivity contribution >= 4 is 33.9 Å². The second kappa shape index (κ2) is 9.56. The van der Waals surface area contributed by atoms with Gasteiger partial charge >= 0.3 is 0 Å². The molecular weight excluding hydrogens is 374 g/mol. The molecule has 0 fully saturated rings. The molecule has 0 saturated heterocycles. The van der Waals surface area contributed by atoms with Gasteiger partial charge < -0.3 is 4.42 Å². The number of rotatable bonds is 9. The first-order chi connectivity index (χ1) is 12.4. The number of carbonyl (C=O) groups excluding carboxylic acids is 1. The second-order valence-electron chi connectivity index (χ2n) is 5.52. The van der Waals surface area contributed by atoms with E-state index in [2.05, 4.69) is 15.2 Å². The monoisotopic (exact) mass is 395 g/mol. The number of hydrogen-bond acceptors (Lipinski definition) is 6. The molecule has 1 aromatic carbocycles. The zero-order chi connectivity index (χ0) is 19.0. The highest BCUT2D eigenvalue weighted by Crippen LogP contribution is 2.12. The topological polar surface area (TPSA) is 101 Å². The fourth-order valence-corrected chi connectivity index (χ4v) is 3.76. The molecule has 0 aliphatic heterocycles. The summed E-state index contributed by atoms with van der Waals surface area (Å²) in [4.78, 5) is 12.5. The average Bonchev–Trinajstić information content (AvgIpc) is 3.12. The van der Waals surface area contributed by atoms with Crippen LogP contribution in [0.4, 0.5) is 0 Å². The molecule has 2 aromatic rings. The van der Waals surface area contributed by atoms with Crippen LogP contribution >= 0.6 is 11.8 Å². The fourth-order valence-electron chi connectivity index (χ4n) is 2.05. The van der Waals surface area contributed by atoms with Crippen molar-refractivity contribution in [2.75, 3.05) is 12.0 Å². The van der Waals surface area contributed by atoms with Crippen molar-refractivity contribution in [3.8, 4) is 0 Å². The van der Waals surface area contributed by atoms with Crippen LogP contribution in [-0.2, 0) is 14.8 Å². The maximum Gasteiger partial charge on any atom is 0.258 e. The summed E-state index contributed by atoms with van der Waals surface area (Å²) < 4.78 is 32.6. The van der Waals surface area contributed by atoms with Gasteiger partial charge in [0.05, 0.1) is 17.4 Å². The Hall–Kier alpha value is -2.10. The number of aryl methyl sites for hydroxylation is 1. The summed E-state index contributed by atoms with van der Waals surface area (Å²) >= 11 is 1.52. The number of hydrazone groups is 1. The molecule has 0 spiro atoms. The Balaban J connectivity index is 2.07. The largest absolute Gasteiger partial charge is 0.463 e. The van der Waals surface area contributed by atoms with Crippen LogP contribution in [0.3, 0.4) is 0 Å². The lowest BCUT2D eigenvalue weighted by Crippen LogP contribution is -2.45. The molecule has 1 atom stereocenters. The highest BCUT2D eigenvalue weighted by atomic mass is 32.2. The summed E-state index contributed by atoms with van der Waals surface area (Å²) in [5.41, 5.74) is 3.30. The van der Waals surface area contributed by atoms with Crippen molar-refractivity contribution in [1.29, 1.82) is 0 Å². The molecule has 140 valence electrons. The van der Waals surface area contributed by atoms with Gasteiger partial charge in [0.15, 0.2) is 0 Å². The van der Waals surface area contributed by atoms with E-state index in [9.17, 15) is 13.2 Å². The van der Waals surface area contributed by atoms with Gasteiger partial charge in [0.2, 0.25) is 10.0 Å². The molecular formula is C17H21N3O4S2. The Kier molecular flexibility index (Phi) is 7.43. The number of amides is 1. The summed E-state index contributed by atoms with van der Waals surface area (Å²) in [5, 5.41) is 3.80. The van der Waals surface area contributed by atoms with E-state index in [0.29, 0.717) is 17.9 Å². The first-order valence-corrected chi connectivity index (χ1v) is 10.7. The molecule has 0 radical (unpaired) electrons. The molecule has 2 N–H and O–H groups in total. The first-order valence-electron chi connectivity index (χ1n) is 7.87. The van der Waals surface area contributed by atoms with Crippen LogP contribution in [0.1, 0.15) is 17.7 Å². The van der Waals surface area contributed by atoms with Crippen LogP contribution in [-0.4, -0.2) is 38.6 Å². The zero-order valence-electron chi connectivity index (χ0n) is 14.5. The SMILES string of the molecule is CSCC[C@H](NS(=O)(=O)c1ccc(C)cc1)C(=O)N/N=C/c1ccco1. The molecule has 7 nitrogen and oxygen atoms in total. The van der Waals surface area contributed by atoms with Crippen molar-refractivity contribution in [3.63, 3.8) is 0 Å².